The molecule has 11 heteroatoms. The fraction of sp³-hybridized carbons (Fsp3) is 0.346. The van der Waals surface area contributed by atoms with Crippen molar-refractivity contribution in [1.29, 1.82) is 0 Å². The second kappa shape index (κ2) is 8.25. The Balaban J connectivity index is 1.83. The number of amides is 1. The Morgan fingerprint density at radius 1 is 1.14 bits per heavy atom. The minimum Gasteiger partial charge on any atom is -0.508 e. The van der Waals surface area contributed by atoms with E-state index in [0.29, 0.717) is 11.1 Å². The Hall–Kier alpha value is -3.51. The molecular formula is C26H26N2O8S. The van der Waals surface area contributed by atoms with Crippen LogP contribution in [0.1, 0.15) is 24.0 Å². The number of benzene rings is 1. The monoisotopic (exact) mass is 526 g/mol. The summed E-state index contributed by atoms with van der Waals surface area (Å²) < 4.78 is 0. The highest BCUT2D eigenvalue weighted by molar-refractivity contribution is 7.13. The second-order valence-corrected chi connectivity index (χ2v) is 10.9. The number of ketones is 2. The van der Waals surface area contributed by atoms with Crippen LogP contribution in [0.25, 0.3) is 16.2 Å². The van der Waals surface area contributed by atoms with Gasteiger partial charge in [0, 0.05) is 16.4 Å². The third kappa shape index (κ3) is 3.11. The third-order valence-corrected chi connectivity index (χ3v) is 8.80. The molecule has 0 saturated heterocycles. The van der Waals surface area contributed by atoms with E-state index in [-0.39, 0.29) is 11.3 Å². The molecule has 1 aromatic carbocycles. The molecule has 0 radical (unpaired) electrons. The first kappa shape index (κ1) is 25.2. The molecule has 194 valence electrons. The van der Waals surface area contributed by atoms with E-state index in [9.17, 15) is 39.9 Å². The highest BCUT2D eigenvalue weighted by atomic mass is 32.1. The van der Waals surface area contributed by atoms with Gasteiger partial charge in [0.15, 0.2) is 11.4 Å². The summed E-state index contributed by atoms with van der Waals surface area (Å²) in [6, 6.07) is 5.37. The lowest BCUT2D eigenvalue weighted by molar-refractivity contribution is -0.169. The molecule has 0 aliphatic heterocycles. The lowest BCUT2D eigenvalue weighted by Crippen LogP contribution is -2.70. The summed E-state index contributed by atoms with van der Waals surface area (Å²) in [5.41, 5.74) is 2.20. The zero-order valence-electron chi connectivity index (χ0n) is 20.2. The summed E-state index contributed by atoms with van der Waals surface area (Å²) in [5, 5.41) is 58.3. The second-order valence-electron chi connectivity index (χ2n) is 9.95. The first-order valence-electron chi connectivity index (χ1n) is 11.6. The molecule has 2 aromatic rings. The van der Waals surface area contributed by atoms with E-state index in [2.05, 4.69) is 0 Å². The number of aliphatic hydroxyl groups is 4. The lowest BCUT2D eigenvalue weighted by atomic mass is 9.54. The molecule has 7 N–H and O–H groups in total. The Kier molecular flexibility index (Phi) is 5.61. The smallest absolute Gasteiger partial charge is 0.255 e. The maximum Gasteiger partial charge on any atom is 0.255 e. The van der Waals surface area contributed by atoms with Crippen LogP contribution < -0.4 is 5.73 Å². The number of rotatable bonds is 3. The van der Waals surface area contributed by atoms with Crippen molar-refractivity contribution in [2.75, 3.05) is 14.1 Å². The van der Waals surface area contributed by atoms with E-state index in [1.807, 2.05) is 17.5 Å². The molecule has 3 aliphatic carbocycles. The van der Waals surface area contributed by atoms with Crippen molar-refractivity contribution in [3.8, 4) is 16.2 Å². The van der Waals surface area contributed by atoms with E-state index in [1.165, 1.54) is 36.4 Å². The predicted octanol–water partition coefficient (Wildman–Crippen LogP) is 1.22. The maximum absolute atomic E-state index is 14.0. The number of aliphatic hydroxyl groups excluding tert-OH is 3. The number of aromatic hydroxyl groups is 1. The number of primary amides is 1. The molecule has 1 amide bonds. The van der Waals surface area contributed by atoms with Gasteiger partial charge in [0.1, 0.15) is 22.8 Å². The number of phenolic OH excluding ortho intramolecular Hbond substituents is 1. The summed E-state index contributed by atoms with van der Waals surface area (Å²) in [6.45, 7) is 1.72. The number of likely N-dealkylation sites (N-methyl/N-ethyl adjacent to an activating group) is 1. The van der Waals surface area contributed by atoms with Gasteiger partial charge in [-0.2, -0.15) is 0 Å². The molecule has 1 heterocycles. The molecule has 0 bridgehead atoms. The average Bonchev–Trinajstić information content (AvgIpc) is 3.36. The van der Waals surface area contributed by atoms with E-state index < -0.39 is 75.6 Å². The van der Waals surface area contributed by atoms with Crippen molar-refractivity contribution in [3.05, 3.63) is 57.7 Å². The fourth-order valence-corrected chi connectivity index (χ4v) is 7.11. The summed E-state index contributed by atoms with van der Waals surface area (Å²) in [5.74, 6) is -9.05. The Bertz CT molecular complexity index is 1430. The number of Topliss-reactive ketones (excluding diaryl/α,β-unsaturated/α-hetero) is 2. The van der Waals surface area contributed by atoms with Crippen LogP contribution in [0, 0.1) is 11.8 Å². The molecule has 10 nitrogen and oxygen atoms in total. The topological polar surface area (TPSA) is 182 Å². The third-order valence-electron chi connectivity index (χ3n) is 7.89. The van der Waals surface area contributed by atoms with Crippen molar-refractivity contribution in [2.45, 2.75) is 30.6 Å². The van der Waals surface area contributed by atoms with Crippen molar-refractivity contribution < 1.29 is 39.9 Å². The average molecular weight is 527 g/mol. The van der Waals surface area contributed by atoms with Crippen LogP contribution in [0.15, 0.2) is 46.6 Å². The fourth-order valence-electron chi connectivity index (χ4n) is 6.34. The molecule has 0 spiro atoms. The number of hydrogen-bond acceptors (Lipinski definition) is 10. The number of thiophene rings is 1. The number of nitrogens with two attached hydrogens (primary N) is 1. The van der Waals surface area contributed by atoms with Crippen LogP contribution in [-0.4, -0.2) is 79.7 Å². The molecule has 1 saturated carbocycles. The largest absolute Gasteiger partial charge is 0.508 e. The number of phenols is 1. The van der Waals surface area contributed by atoms with Gasteiger partial charge in [-0.1, -0.05) is 13.0 Å². The van der Waals surface area contributed by atoms with Gasteiger partial charge in [-0.05, 0) is 54.7 Å². The molecule has 3 aliphatic rings. The first-order valence-corrected chi connectivity index (χ1v) is 12.5. The zero-order chi connectivity index (χ0) is 27.1. The van der Waals surface area contributed by atoms with E-state index >= 15 is 0 Å². The van der Waals surface area contributed by atoms with Gasteiger partial charge in [-0.25, -0.2) is 0 Å². The number of nitrogens with zero attached hydrogens (tertiary/aromatic N) is 1. The van der Waals surface area contributed by atoms with E-state index in [4.69, 9.17) is 5.73 Å². The lowest BCUT2D eigenvalue weighted by Gasteiger charge is -2.53. The van der Waals surface area contributed by atoms with Gasteiger partial charge in [-0.15, -0.1) is 11.3 Å². The SMILES string of the molecule is C[C@H]1c2c(-c3cccs3)ccc(O)c2C(O)=C2C(=O)[C@]3(O)C(O)=C(C(N)=O)C(=O)[C@@H](N(C)C)[C@@H]3[C@@H](O)[C@@H]21. The highest BCUT2D eigenvalue weighted by Gasteiger charge is 2.68. The predicted molar refractivity (Wildman–Crippen MR) is 134 cm³/mol. The molecule has 0 unspecified atom stereocenters. The summed E-state index contributed by atoms with van der Waals surface area (Å²) >= 11 is 1.43. The summed E-state index contributed by atoms with van der Waals surface area (Å²) in [7, 11) is 2.94. The molecule has 37 heavy (non-hydrogen) atoms. The molecule has 1 aromatic heterocycles. The van der Waals surface area contributed by atoms with Crippen LogP contribution in [0.3, 0.4) is 0 Å². The minimum absolute atomic E-state index is 0.0260. The van der Waals surface area contributed by atoms with Crippen LogP contribution >= 0.6 is 11.3 Å². The Labute approximate surface area is 215 Å². The van der Waals surface area contributed by atoms with E-state index in [0.717, 1.165) is 4.88 Å². The van der Waals surface area contributed by atoms with Crippen molar-refractivity contribution in [2.24, 2.45) is 17.6 Å². The first-order chi connectivity index (χ1) is 17.3. The minimum atomic E-state index is -2.93. The number of hydrogen-bond donors (Lipinski definition) is 6. The van der Waals surface area contributed by atoms with Crippen LogP contribution in [0.5, 0.6) is 5.75 Å². The van der Waals surface area contributed by atoms with Gasteiger partial charge in [0.05, 0.1) is 23.6 Å². The number of carbonyl (C=O) groups is 3. The normalized spacial score (nSPS) is 31.4. The molecule has 1 fully saturated rings. The number of fused-ring (bicyclic) bond motifs is 3. The maximum atomic E-state index is 14.0. The van der Waals surface area contributed by atoms with Crippen molar-refractivity contribution in [1.82, 2.24) is 4.90 Å². The van der Waals surface area contributed by atoms with Crippen LogP contribution in [0.2, 0.25) is 0 Å². The van der Waals surface area contributed by atoms with Gasteiger partial charge < -0.3 is 31.3 Å². The van der Waals surface area contributed by atoms with Crippen molar-refractivity contribution >= 4 is 34.6 Å². The quantitative estimate of drug-likeness (QED) is 0.320. The van der Waals surface area contributed by atoms with E-state index in [1.54, 1.807) is 13.0 Å². The molecular weight excluding hydrogens is 500 g/mol. The highest BCUT2D eigenvalue weighted by Crippen LogP contribution is 2.57. The van der Waals surface area contributed by atoms with Crippen molar-refractivity contribution in [3.63, 3.8) is 0 Å². The number of carbonyl (C=O) groups excluding carboxylic acids is 3. The van der Waals surface area contributed by atoms with Crippen LogP contribution in [0.4, 0.5) is 0 Å². The zero-order valence-corrected chi connectivity index (χ0v) is 21.0. The van der Waals surface area contributed by atoms with Gasteiger partial charge in [0.2, 0.25) is 5.78 Å². The van der Waals surface area contributed by atoms with Crippen LogP contribution in [-0.2, 0) is 14.4 Å². The van der Waals surface area contributed by atoms with Gasteiger partial charge in [-0.3, -0.25) is 19.3 Å². The standard InChI is InChI=1S/C26H26N2O8S/c1-9-13-10(12-5-4-8-37-12)6-7-11(29)15(13)20(30)16-14(9)21(31)18-19(28(2)3)22(32)17(25(27)35)24(34)26(18,36)23(16)33/h4-9,14,18-19,21,29-31,34,36H,1-3H3,(H2,27,35)/t9-,14+,18+,19-,21-,26-/m0/s1. The van der Waals surface area contributed by atoms with Gasteiger partial charge in [0.25, 0.3) is 5.91 Å². The summed E-state index contributed by atoms with van der Waals surface area (Å²) in [6.07, 6.45) is -1.63. The molecule has 5 rings (SSSR count). The molecule has 6 atom stereocenters. The van der Waals surface area contributed by atoms with Gasteiger partial charge >= 0.3 is 0 Å². The Morgan fingerprint density at radius 2 is 1.81 bits per heavy atom. The Morgan fingerprint density at radius 3 is 2.38 bits per heavy atom. The summed E-state index contributed by atoms with van der Waals surface area (Å²) in [4.78, 5) is 41.5.